The summed E-state index contributed by atoms with van der Waals surface area (Å²) in [5.41, 5.74) is 26.8. The number of azide groups is 2. The third-order valence-electron chi connectivity index (χ3n) is 15.4. The molecule has 2 aliphatic rings. The number of nitro groups is 1. The Hall–Kier alpha value is -7.59. The van der Waals surface area contributed by atoms with Crippen LogP contribution in [0.25, 0.3) is 31.9 Å². The van der Waals surface area contributed by atoms with Gasteiger partial charge in [0.25, 0.3) is 5.69 Å². The maximum atomic E-state index is 14.0. The van der Waals surface area contributed by atoms with E-state index in [1.807, 2.05) is 27.7 Å². The number of halogens is 1. The molecule has 0 aliphatic carbocycles. The van der Waals surface area contributed by atoms with Gasteiger partial charge in [-0.15, -0.1) is 0 Å². The number of benzene rings is 3. The summed E-state index contributed by atoms with van der Waals surface area (Å²) in [5, 5.41) is 82.7. The maximum absolute atomic E-state index is 14.0. The van der Waals surface area contributed by atoms with Crippen molar-refractivity contribution in [1.82, 2.24) is 39.4 Å². The Kier molecular flexibility index (Phi) is 32.9. The van der Waals surface area contributed by atoms with E-state index in [0.29, 0.717) is 16.7 Å². The quantitative estimate of drug-likeness (QED) is 0.00332. The van der Waals surface area contributed by atoms with Gasteiger partial charge in [0.2, 0.25) is 0 Å². The summed E-state index contributed by atoms with van der Waals surface area (Å²) < 4.78 is 105. The standard InChI is InChI=1S/C26H35N8O8P.C21H27N2O7P.C11H13N7O4.C4H9.ClH.Mg.H5P/c1-4-17(5-2)13-39-25(37)16(3)31-43(38,42-18-9-7-6-8-10-18)40-14-26(32-33-28)23(36)21(35)22(41-26)19-11-12-20-24(27)29-15-30-34(19)20;1-4-17(5-2)15-28-21(24)16(3)22-31(27,29-19-9-7-6-8-10-19)30-20-13-11-18(12-14-20)23(25)26;12-10-6-2-1-5(18(6)15-4-14-10)8-7(20)9(21)11(3-19,22-8)16-17-13;1-4(2)3;;;/h6-12,15-17,21-23,35-36H,4-5,13-14H2,1-3H3,(H,31,38)(H2,27,29,30);6-14,16-17H,4-5,15H2,1-3H3,(H,22,27);1-2,4,7-9,19-21H,3H2,(H2,12,14,15);1-3H3;1H;;1H5/q;;;-1;;+2;/p-1/t16-,21-,22-,23-,26+,43?;16-,31?;7-,8-,9-,11+;;;;/m000..../s1/i;;;;;;1D5. The van der Waals surface area contributed by atoms with Crippen molar-refractivity contribution in [1.29, 1.82) is 6.39 Å². The van der Waals surface area contributed by atoms with Gasteiger partial charge in [0, 0.05) is 22.0 Å². The SMILES string of the molecule is CCC(CC)COC(=O)[C@H](C)NP(=O)(OC[C@@]1(N=[N+]=[N-])O[C@@H](c2ccc3c(N)ncnn23)[C@H](O)[C@@H]1O)Oc1ccccc1.CCC(CC)COC(=O)[C@H](C)NP(=O)(Oc1ccccc1)Oc1ccc([N+](=O)[O-])cc1.C[C-](C)C.[2H]P([2H])([2H])([2H])[2H].[Cl-].[Mg+2].[N-]=[N+]=N[C@]1(CO)O[C@@H](c2ccc3c(N)ncnn23)[C@H](O)[C@@H]1O. The molecule has 0 radical (unpaired) electrons. The molecule has 0 bridgehead atoms. The fraction of sp³-hybridized carbons (Fsp3) is 0.468. The van der Waals surface area contributed by atoms with Gasteiger partial charge in [0.05, 0.1) is 42.7 Å². The van der Waals surface area contributed by atoms with E-state index in [1.54, 1.807) is 72.8 Å². The summed E-state index contributed by atoms with van der Waals surface area (Å²) in [6.07, 6.45) is -3.00. The second-order valence-corrected chi connectivity index (χ2v) is 26.6. The number of nitrogen functional groups attached to an aromatic ring is 2. The van der Waals surface area contributed by atoms with E-state index in [1.165, 1.54) is 77.8 Å². The molecule has 12 atom stereocenters. The molecular weight excluding hydrogens is 1440 g/mol. The number of aromatic nitrogens is 6. The normalized spacial score (nSPS) is 22.3. The molecular formula is C62H89ClMgN17O19P3. The number of nitrogens with one attached hydrogen (secondary N) is 2. The van der Waals surface area contributed by atoms with Gasteiger partial charge < -0.3 is 87.8 Å². The topological polar surface area (TPSA) is 520 Å². The van der Waals surface area contributed by atoms with E-state index in [0.717, 1.165) is 25.7 Å². The molecule has 0 spiro atoms. The van der Waals surface area contributed by atoms with Gasteiger partial charge in [-0.2, -0.15) is 41.1 Å². The molecule has 0 amide bonds. The van der Waals surface area contributed by atoms with E-state index < -0.39 is 115 Å². The number of non-ortho nitro benzene ring substituents is 1. The number of hydrogen-bond acceptors (Lipinski definition) is 27. The average Bonchev–Trinajstić information content (AvgIpc) is 1.60. The van der Waals surface area contributed by atoms with Crippen LogP contribution in [0.3, 0.4) is 0 Å². The van der Waals surface area contributed by atoms with Crippen molar-refractivity contribution in [3.05, 3.63) is 170 Å². The molecule has 2 saturated heterocycles. The van der Waals surface area contributed by atoms with Crippen molar-refractivity contribution >= 4 is 88.5 Å². The van der Waals surface area contributed by atoms with Gasteiger partial charge in [0.15, 0.2) is 23.1 Å². The summed E-state index contributed by atoms with van der Waals surface area (Å²) in [6, 6.07) is 25.6. The number of para-hydroxylation sites is 2. The number of aliphatic hydroxyl groups is 5. The van der Waals surface area contributed by atoms with Crippen LogP contribution >= 0.6 is 25.1 Å². The van der Waals surface area contributed by atoms with Crippen LogP contribution in [-0.2, 0) is 42.2 Å². The predicted molar refractivity (Wildman–Crippen MR) is 382 cm³/mol. The van der Waals surface area contributed by atoms with Crippen molar-refractivity contribution in [2.24, 2.45) is 22.1 Å². The van der Waals surface area contributed by atoms with Crippen LogP contribution in [0.1, 0.15) is 112 Å². The van der Waals surface area contributed by atoms with E-state index in [4.69, 9.17) is 60.4 Å². The number of ether oxygens (including phenoxy) is 4. The number of rotatable bonds is 29. The van der Waals surface area contributed by atoms with E-state index in [9.17, 15) is 59.9 Å². The van der Waals surface area contributed by atoms with Crippen molar-refractivity contribution in [2.45, 2.75) is 148 Å². The number of hydrogen-bond donors (Lipinski definition) is 9. The molecule has 11 N–H and O–H groups in total. The number of anilines is 2. The number of carbonyl (C=O) groups is 2. The van der Waals surface area contributed by atoms with Crippen LogP contribution in [0.15, 0.2) is 132 Å². The molecule has 36 nitrogen and oxygen atoms in total. The Morgan fingerprint density at radius 2 is 1.07 bits per heavy atom. The second-order valence-electron chi connectivity index (χ2n) is 23.3. The monoisotopic (exact) mass is 1530 g/mol. The minimum absolute atomic E-state index is 0. The molecule has 2 aliphatic heterocycles. The van der Waals surface area contributed by atoms with Gasteiger partial charge >= 0.3 is 66.5 Å². The van der Waals surface area contributed by atoms with Gasteiger partial charge in [-0.25, -0.2) is 28.1 Å². The largest absolute Gasteiger partial charge is 2.00 e. The number of nitro benzene ring substituents is 1. The first-order valence-electron chi connectivity index (χ1n) is 33.7. The Balaban J connectivity index is 0.000000407. The Labute approximate surface area is 625 Å². The van der Waals surface area contributed by atoms with Crippen molar-refractivity contribution in [3.8, 4) is 17.2 Å². The minimum Gasteiger partial charge on any atom is -1.00 e. The summed E-state index contributed by atoms with van der Waals surface area (Å²) in [7, 11) is -13.3. The van der Waals surface area contributed by atoms with Gasteiger partial charge in [-0.3, -0.25) is 24.2 Å². The zero-order valence-electron chi connectivity index (χ0n) is 62.8. The molecule has 9 rings (SSSR count). The van der Waals surface area contributed by atoms with Crippen molar-refractivity contribution in [2.75, 3.05) is 37.9 Å². The molecule has 0 saturated carbocycles. The molecule has 6 heterocycles. The van der Waals surface area contributed by atoms with Crippen LogP contribution < -0.4 is 47.6 Å². The number of aliphatic hydroxyl groups excluding tert-OH is 5. The fourth-order valence-electron chi connectivity index (χ4n) is 9.68. The Morgan fingerprint density at radius 1 is 0.699 bits per heavy atom. The smallest absolute Gasteiger partial charge is 1.00 e. The number of nitrogens with two attached hydrogens (primary N) is 2. The van der Waals surface area contributed by atoms with Gasteiger partial charge in [-0.05, 0) is 97.4 Å². The molecule has 103 heavy (non-hydrogen) atoms. The van der Waals surface area contributed by atoms with Gasteiger partial charge in [0.1, 0.15) is 89.6 Å². The molecule has 2 fully saturated rings. The van der Waals surface area contributed by atoms with Crippen LogP contribution in [0.5, 0.6) is 17.2 Å². The molecule has 4 aromatic heterocycles. The summed E-state index contributed by atoms with van der Waals surface area (Å²) >= 11 is 0. The fourth-order valence-corrected chi connectivity index (χ4v) is 12.7. The first-order valence-corrected chi connectivity index (χ1v) is 34.6. The van der Waals surface area contributed by atoms with Crippen LogP contribution in [-0.4, -0.2) is 175 Å². The van der Waals surface area contributed by atoms with E-state index >= 15 is 0 Å². The Morgan fingerprint density at radius 3 is 1.46 bits per heavy atom. The molecule has 3 aromatic carbocycles. The Bertz CT molecular complexity index is 4200. The maximum Gasteiger partial charge on any atom is 2.00 e. The second kappa shape index (κ2) is 41.8. The van der Waals surface area contributed by atoms with Crippen LogP contribution in [0.2, 0.25) is 0 Å². The first-order chi connectivity index (χ1) is 49.8. The molecule has 2 unspecified atom stereocenters. The van der Waals surface area contributed by atoms with Gasteiger partial charge in [-0.1, -0.05) is 100 Å². The van der Waals surface area contributed by atoms with Crippen LogP contribution in [0, 0.1) is 27.9 Å². The summed E-state index contributed by atoms with van der Waals surface area (Å²) in [6.45, 7) is 16.0. The molecule has 7 aromatic rings. The number of fused-ring (bicyclic) bond motifs is 2. The minimum atomic E-state index is -4.80. The molecule has 41 heteroatoms. The van der Waals surface area contributed by atoms with Crippen LogP contribution in [0.4, 0.5) is 17.3 Å². The van der Waals surface area contributed by atoms with Crippen molar-refractivity contribution < 1.29 is 98.6 Å². The number of nitrogens with zero attached hydrogens (tertiary/aromatic N) is 13. The summed E-state index contributed by atoms with van der Waals surface area (Å²) in [4.78, 5) is 48.5. The van der Waals surface area contributed by atoms with E-state index in [-0.39, 0.29) is 101 Å². The number of esters is 2. The molecule has 560 valence electrons. The van der Waals surface area contributed by atoms with Crippen molar-refractivity contribution in [3.63, 3.8) is 0 Å². The van der Waals surface area contributed by atoms with E-state index in [2.05, 4.69) is 71.2 Å². The number of carbonyl (C=O) groups excluding carboxylic acids is 2. The predicted octanol–water partition coefficient (Wildman–Crippen LogP) is 5.26. The third-order valence-corrected chi connectivity index (χ3v) is 18.6. The summed E-state index contributed by atoms with van der Waals surface area (Å²) in [5.74, 6) is 1.44. The average molecular weight is 1530 g/mol. The zero-order chi connectivity index (χ0) is 79.0. The zero-order valence-corrected chi connectivity index (χ0v) is 62.7. The first kappa shape index (κ1) is 81.1. The third kappa shape index (κ3) is 24.0.